The molecule has 0 saturated carbocycles. The van der Waals surface area contributed by atoms with Crippen molar-refractivity contribution in [2.75, 3.05) is 0 Å². The summed E-state index contributed by atoms with van der Waals surface area (Å²) in [6.07, 6.45) is 1.54. The molecule has 6 nitrogen and oxygen atoms in total. The van der Waals surface area contributed by atoms with Crippen molar-refractivity contribution in [3.63, 3.8) is 0 Å². The zero-order chi connectivity index (χ0) is 14.7. The van der Waals surface area contributed by atoms with Gasteiger partial charge in [-0.25, -0.2) is 4.98 Å². The minimum absolute atomic E-state index is 0.202. The first-order valence-electron chi connectivity index (χ1n) is 6.31. The van der Waals surface area contributed by atoms with E-state index < -0.39 is 0 Å². The van der Waals surface area contributed by atoms with Crippen molar-refractivity contribution in [2.45, 2.75) is 13.5 Å². The standard InChI is InChI=1S/C14H12N4O2S/c1-9-12(21-18-17-9)13(19)15-7-11-8-20-14(16-11)10-5-3-2-4-6-10/h2-6,8H,7H2,1H3,(H,15,19). The number of amides is 1. The second-order valence-corrected chi connectivity index (χ2v) is 5.13. The second-order valence-electron chi connectivity index (χ2n) is 4.38. The Morgan fingerprint density at radius 3 is 2.86 bits per heavy atom. The lowest BCUT2D eigenvalue weighted by molar-refractivity contribution is 0.0953. The normalized spacial score (nSPS) is 10.5. The third-order valence-electron chi connectivity index (χ3n) is 2.86. The molecule has 0 spiro atoms. The molecule has 2 heterocycles. The third kappa shape index (κ3) is 2.97. The second kappa shape index (κ2) is 5.84. The van der Waals surface area contributed by atoms with E-state index in [0.717, 1.165) is 17.1 Å². The quantitative estimate of drug-likeness (QED) is 0.800. The van der Waals surface area contributed by atoms with E-state index in [0.29, 0.717) is 28.7 Å². The number of nitrogens with one attached hydrogen (secondary N) is 1. The first kappa shape index (κ1) is 13.4. The van der Waals surface area contributed by atoms with Crippen LogP contribution >= 0.6 is 11.5 Å². The van der Waals surface area contributed by atoms with Crippen molar-refractivity contribution < 1.29 is 9.21 Å². The number of hydrogen-bond donors (Lipinski definition) is 1. The summed E-state index contributed by atoms with van der Waals surface area (Å²) in [5.74, 6) is 0.335. The molecule has 0 aliphatic heterocycles. The van der Waals surface area contributed by atoms with Crippen molar-refractivity contribution in [2.24, 2.45) is 0 Å². The average molecular weight is 300 g/mol. The molecule has 1 amide bonds. The van der Waals surface area contributed by atoms with Crippen molar-refractivity contribution in [1.82, 2.24) is 19.9 Å². The minimum atomic E-state index is -0.202. The Bertz CT molecular complexity index is 751. The van der Waals surface area contributed by atoms with Gasteiger partial charge in [0.25, 0.3) is 5.91 Å². The van der Waals surface area contributed by atoms with E-state index in [1.54, 1.807) is 13.2 Å². The smallest absolute Gasteiger partial charge is 0.265 e. The zero-order valence-corrected chi connectivity index (χ0v) is 12.1. The number of carbonyl (C=O) groups is 1. The van der Waals surface area contributed by atoms with Crippen LogP contribution in [0.3, 0.4) is 0 Å². The van der Waals surface area contributed by atoms with Gasteiger partial charge in [-0.1, -0.05) is 22.7 Å². The van der Waals surface area contributed by atoms with Gasteiger partial charge in [0.1, 0.15) is 11.1 Å². The Kier molecular flexibility index (Phi) is 3.74. The van der Waals surface area contributed by atoms with E-state index in [2.05, 4.69) is 19.9 Å². The van der Waals surface area contributed by atoms with Gasteiger partial charge in [0.15, 0.2) is 0 Å². The zero-order valence-electron chi connectivity index (χ0n) is 11.2. The number of hydrogen-bond acceptors (Lipinski definition) is 6. The highest BCUT2D eigenvalue weighted by atomic mass is 32.1. The maximum Gasteiger partial charge on any atom is 0.265 e. The van der Waals surface area contributed by atoms with Crippen LogP contribution in [0.5, 0.6) is 0 Å². The molecule has 0 bridgehead atoms. The van der Waals surface area contributed by atoms with E-state index in [4.69, 9.17) is 4.42 Å². The molecule has 3 rings (SSSR count). The average Bonchev–Trinajstić information content (AvgIpc) is 3.15. The van der Waals surface area contributed by atoms with Gasteiger partial charge in [-0.3, -0.25) is 4.79 Å². The topological polar surface area (TPSA) is 80.9 Å². The Balaban J connectivity index is 1.66. The van der Waals surface area contributed by atoms with Crippen molar-refractivity contribution >= 4 is 17.4 Å². The van der Waals surface area contributed by atoms with Gasteiger partial charge in [-0.2, -0.15) is 0 Å². The Morgan fingerprint density at radius 1 is 1.33 bits per heavy atom. The third-order valence-corrected chi connectivity index (χ3v) is 3.69. The summed E-state index contributed by atoms with van der Waals surface area (Å²) in [6.45, 7) is 2.05. The lowest BCUT2D eigenvalue weighted by Gasteiger charge is -1.99. The van der Waals surface area contributed by atoms with E-state index in [1.807, 2.05) is 30.3 Å². The Labute approximate surface area is 125 Å². The molecule has 0 atom stereocenters. The summed E-state index contributed by atoms with van der Waals surface area (Å²) in [7, 11) is 0. The van der Waals surface area contributed by atoms with E-state index >= 15 is 0 Å². The molecular formula is C14H12N4O2S. The van der Waals surface area contributed by atoms with Crippen LogP contribution < -0.4 is 5.32 Å². The van der Waals surface area contributed by atoms with Gasteiger partial charge >= 0.3 is 0 Å². The SMILES string of the molecule is Cc1nnsc1C(=O)NCc1coc(-c2ccccc2)n1. The number of rotatable bonds is 4. The fourth-order valence-electron chi connectivity index (χ4n) is 1.79. The number of carbonyl (C=O) groups excluding carboxylic acids is 1. The van der Waals surface area contributed by atoms with Gasteiger partial charge in [0, 0.05) is 5.56 Å². The summed E-state index contributed by atoms with van der Waals surface area (Å²) in [5.41, 5.74) is 2.19. The highest BCUT2D eigenvalue weighted by molar-refractivity contribution is 7.07. The fourth-order valence-corrected chi connectivity index (χ4v) is 2.37. The van der Waals surface area contributed by atoms with Crippen LogP contribution in [0.1, 0.15) is 21.1 Å². The van der Waals surface area contributed by atoms with Crippen LogP contribution in [0, 0.1) is 6.92 Å². The molecule has 3 aromatic rings. The maximum atomic E-state index is 11.9. The van der Waals surface area contributed by atoms with Gasteiger partial charge in [-0.15, -0.1) is 5.10 Å². The lowest BCUT2D eigenvalue weighted by Crippen LogP contribution is -2.22. The van der Waals surface area contributed by atoms with E-state index in [9.17, 15) is 4.79 Å². The number of aryl methyl sites for hydroxylation is 1. The number of oxazole rings is 1. The summed E-state index contributed by atoms with van der Waals surface area (Å²) in [5, 5.41) is 6.59. The Hall–Kier alpha value is -2.54. The summed E-state index contributed by atoms with van der Waals surface area (Å²) < 4.78 is 9.15. The first-order chi connectivity index (χ1) is 10.2. The predicted octanol–water partition coefficient (Wildman–Crippen LogP) is 2.43. The van der Waals surface area contributed by atoms with Crippen LogP contribution in [-0.2, 0) is 6.54 Å². The summed E-state index contributed by atoms with van der Waals surface area (Å²) >= 11 is 1.08. The molecule has 106 valence electrons. The minimum Gasteiger partial charge on any atom is -0.444 e. The highest BCUT2D eigenvalue weighted by Gasteiger charge is 2.13. The molecule has 0 aliphatic carbocycles. The summed E-state index contributed by atoms with van der Waals surface area (Å²) in [6, 6.07) is 9.60. The van der Waals surface area contributed by atoms with Crippen LogP contribution in [0.25, 0.3) is 11.5 Å². The largest absolute Gasteiger partial charge is 0.444 e. The first-order valence-corrected chi connectivity index (χ1v) is 7.08. The van der Waals surface area contributed by atoms with Crippen molar-refractivity contribution in [3.05, 3.63) is 52.9 Å². The molecule has 0 unspecified atom stereocenters. The van der Waals surface area contributed by atoms with E-state index in [1.165, 1.54) is 0 Å². The molecular weight excluding hydrogens is 288 g/mol. The Morgan fingerprint density at radius 2 is 2.14 bits per heavy atom. The lowest BCUT2D eigenvalue weighted by atomic mass is 10.2. The van der Waals surface area contributed by atoms with Crippen LogP contribution in [0.2, 0.25) is 0 Å². The molecule has 0 fully saturated rings. The molecule has 2 aromatic heterocycles. The number of benzene rings is 1. The van der Waals surface area contributed by atoms with Gasteiger partial charge in [-0.05, 0) is 30.6 Å². The number of nitrogens with zero attached hydrogens (tertiary/aromatic N) is 3. The molecule has 1 aromatic carbocycles. The maximum absolute atomic E-state index is 11.9. The highest BCUT2D eigenvalue weighted by Crippen LogP contribution is 2.18. The predicted molar refractivity (Wildman–Crippen MR) is 77.8 cm³/mol. The molecule has 7 heteroatoms. The van der Waals surface area contributed by atoms with Crippen LogP contribution in [0.15, 0.2) is 41.0 Å². The molecule has 1 N–H and O–H groups in total. The molecule has 21 heavy (non-hydrogen) atoms. The van der Waals surface area contributed by atoms with Crippen LogP contribution in [-0.4, -0.2) is 20.5 Å². The van der Waals surface area contributed by atoms with Crippen LogP contribution in [0.4, 0.5) is 0 Å². The molecule has 0 saturated heterocycles. The fraction of sp³-hybridized carbons (Fsp3) is 0.143. The van der Waals surface area contributed by atoms with Crippen molar-refractivity contribution in [3.8, 4) is 11.5 Å². The van der Waals surface area contributed by atoms with E-state index in [-0.39, 0.29) is 5.91 Å². The molecule has 0 radical (unpaired) electrons. The van der Waals surface area contributed by atoms with Crippen molar-refractivity contribution in [1.29, 1.82) is 0 Å². The van der Waals surface area contributed by atoms with Gasteiger partial charge < -0.3 is 9.73 Å². The summed E-state index contributed by atoms with van der Waals surface area (Å²) in [4.78, 5) is 16.8. The van der Waals surface area contributed by atoms with Gasteiger partial charge in [0.2, 0.25) is 5.89 Å². The monoisotopic (exact) mass is 300 g/mol. The van der Waals surface area contributed by atoms with Gasteiger partial charge in [0.05, 0.1) is 17.9 Å². The number of aromatic nitrogens is 3. The molecule has 0 aliphatic rings.